The summed E-state index contributed by atoms with van der Waals surface area (Å²) in [6, 6.07) is 10.7. The molecule has 4 heteroatoms. The van der Waals surface area contributed by atoms with Crippen LogP contribution in [0.15, 0.2) is 30.3 Å². The fraction of sp³-hybridized carbons (Fsp3) is 0.588. The molecule has 21 heavy (non-hydrogen) atoms. The van der Waals surface area contributed by atoms with E-state index in [0.29, 0.717) is 12.6 Å². The highest BCUT2D eigenvalue weighted by molar-refractivity contribution is 5.81. The molecule has 2 N–H and O–H groups in total. The molecule has 1 unspecified atom stereocenters. The zero-order chi connectivity index (χ0) is 15.1. The molecular formula is C17H27N3O. The van der Waals surface area contributed by atoms with E-state index in [9.17, 15) is 4.79 Å². The van der Waals surface area contributed by atoms with Crippen molar-refractivity contribution in [2.45, 2.75) is 44.8 Å². The van der Waals surface area contributed by atoms with Gasteiger partial charge in [0.05, 0.1) is 6.04 Å². The SMILES string of the molecule is CC(CNC(=O)[C@H]1CCCCN1)N(C)Cc1ccccc1. The molecule has 1 fully saturated rings. The number of benzene rings is 1. The van der Waals surface area contributed by atoms with Crippen LogP contribution in [0.3, 0.4) is 0 Å². The molecule has 0 spiro atoms. The van der Waals surface area contributed by atoms with Crippen molar-refractivity contribution in [2.24, 2.45) is 0 Å². The lowest BCUT2D eigenvalue weighted by molar-refractivity contribution is -0.123. The average Bonchev–Trinajstić information content (AvgIpc) is 2.54. The summed E-state index contributed by atoms with van der Waals surface area (Å²) in [7, 11) is 2.10. The van der Waals surface area contributed by atoms with Crippen molar-refractivity contribution in [1.29, 1.82) is 0 Å². The van der Waals surface area contributed by atoms with Crippen LogP contribution in [0.25, 0.3) is 0 Å². The fourth-order valence-electron chi connectivity index (χ4n) is 2.63. The van der Waals surface area contributed by atoms with E-state index in [4.69, 9.17) is 0 Å². The molecule has 0 radical (unpaired) electrons. The number of nitrogens with one attached hydrogen (secondary N) is 2. The Morgan fingerprint density at radius 2 is 2.14 bits per heavy atom. The van der Waals surface area contributed by atoms with Crippen LogP contribution in [0.1, 0.15) is 31.7 Å². The van der Waals surface area contributed by atoms with Gasteiger partial charge in [0.2, 0.25) is 5.91 Å². The molecule has 4 nitrogen and oxygen atoms in total. The van der Waals surface area contributed by atoms with E-state index in [1.54, 1.807) is 0 Å². The number of amides is 1. The first-order chi connectivity index (χ1) is 10.2. The smallest absolute Gasteiger partial charge is 0.237 e. The maximum absolute atomic E-state index is 12.1. The summed E-state index contributed by atoms with van der Waals surface area (Å²) in [5.74, 6) is 0.148. The van der Waals surface area contributed by atoms with Crippen molar-refractivity contribution in [2.75, 3.05) is 20.1 Å². The molecule has 0 saturated carbocycles. The first-order valence-electron chi connectivity index (χ1n) is 7.92. The first kappa shape index (κ1) is 16.0. The monoisotopic (exact) mass is 289 g/mol. The highest BCUT2D eigenvalue weighted by Crippen LogP contribution is 2.08. The van der Waals surface area contributed by atoms with E-state index in [-0.39, 0.29) is 11.9 Å². The van der Waals surface area contributed by atoms with Crippen LogP contribution >= 0.6 is 0 Å². The van der Waals surface area contributed by atoms with Gasteiger partial charge in [-0.2, -0.15) is 0 Å². The van der Waals surface area contributed by atoms with Crippen LogP contribution in [-0.4, -0.2) is 43.0 Å². The van der Waals surface area contributed by atoms with Crippen LogP contribution in [-0.2, 0) is 11.3 Å². The predicted octanol–water partition coefficient (Wildman–Crippen LogP) is 1.77. The van der Waals surface area contributed by atoms with Gasteiger partial charge in [-0.25, -0.2) is 0 Å². The normalized spacial score (nSPS) is 20.2. The topological polar surface area (TPSA) is 44.4 Å². The van der Waals surface area contributed by atoms with Gasteiger partial charge in [0.1, 0.15) is 0 Å². The zero-order valence-electron chi connectivity index (χ0n) is 13.1. The standard InChI is InChI=1S/C17H27N3O/c1-14(20(2)13-15-8-4-3-5-9-15)12-19-17(21)16-10-6-7-11-18-16/h3-5,8-9,14,16,18H,6-7,10-13H2,1-2H3,(H,19,21)/t14?,16-/m1/s1. The van der Waals surface area contributed by atoms with Gasteiger partial charge in [0, 0.05) is 19.1 Å². The molecule has 1 heterocycles. The number of carbonyl (C=O) groups excluding carboxylic acids is 1. The largest absolute Gasteiger partial charge is 0.353 e. The maximum Gasteiger partial charge on any atom is 0.237 e. The Bertz CT molecular complexity index is 429. The lowest BCUT2D eigenvalue weighted by Crippen LogP contribution is -2.49. The van der Waals surface area contributed by atoms with Crippen molar-refractivity contribution in [3.05, 3.63) is 35.9 Å². The number of piperidine rings is 1. The molecule has 1 aromatic carbocycles. The van der Waals surface area contributed by atoms with Gasteiger partial charge in [-0.05, 0) is 38.9 Å². The van der Waals surface area contributed by atoms with Crippen LogP contribution in [0.5, 0.6) is 0 Å². The molecule has 1 aromatic rings. The molecule has 1 aliphatic heterocycles. The highest BCUT2D eigenvalue weighted by Gasteiger charge is 2.21. The maximum atomic E-state index is 12.1. The number of nitrogens with zero attached hydrogens (tertiary/aromatic N) is 1. The summed E-state index contributed by atoms with van der Waals surface area (Å²) < 4.78 is 0. The van der Waals surface area contributed by atoms with Crippen molar-refractivity contribution < 1.29 is 4.79 Å². The Balaban J connectivity index is 1.73. The van der Waals surface area contributed by atoms with Crippen molar-refractivity contribution >= 4 is 5.91 Å². The van der Waals surface area contributed by atoms with Crippen molar-refractivity contribution in [3.8, 4) is 0 Å². The third kappa shape index (κ3) is 5.14. The molecule has 0 aliphatic carbocycles. The second-order valence-electron chi connectivity index (χ2n) is 6.00. The van der Waals surface area contributed by atoms with E-state index < -0.39 is 0 Å². The average molecular weight is 289 g/mol. The zero-order valence-corrected chi connectivity index (χ0v) is 13.1. The number of rotatable bonds is 6. The minimum atomic E-state index is 0.00498. The van der Waals surface area contributed by atoms with E-state index in [2.05, 4.69) is 53.8 Å². The predicted molar refractivity (Wildman–Crippen MR) is 86.0 cm³/mol. The Morgan fingerprint density at radius 3 is 2.81 bits per heavy atom. The van der Waals surface area contributed by atoms with E-state index in [0.717, 1.165) is 25.9 Å². The Morgan fingerprint density at radius 1 is 1.38 bits per heavy atom. The van der Waals surface area contributed by atoms with Gasteiger partial charge >= 0.3 is 0 Å². The number of hydrogen-bond acceptors (Lipinski definition) is 3. The van der Waals surface area contributed by atoms with Crippen LogP contribution in [0.4, 0.5) is 0 Å². The summed E-state index contributed by atoms with van der Waals surface area (Å²) >= 11 is 0. The highest BCUT2D eigenvalue weighted by atomic mass is 16.2. The molecule has 0 bridgehead atoms. The van der Waals surface area contributed by atoms with E-state index in [1.807, 2.05) is 6.07 Å². The molecule has 2 rings (SSSR count). The molecule has 1 aliphatic rings. The Labute approximate surface area is 127 Å². The van der Waals surface area contributed by atoms with Crippen molar-refractivity contribution in [3.63, 3.8) is 0 Å². The van der Waals surface area contributed by atoms with Crippen molar-refractivity contribution in [1.82, 2.24) is 15.5 Å². The van der Waals surface area contributed by atoms with Crippen LogP contribution in [0.2, 0.25) is 0 Å². The lowest BCUT2D eigenvalue weighted by atomic mass is 10.0. The fourth-order valence-corrected chi connectivity index (χ4v) is 2.63. The quantitative estimate of drug-likeness (QED) is 0.839. The third-order valence-corrected chi connectivity index (χ3v) is 4.23. The van der Waals surface area contributed by atoms with Gasteiger partial charge in [-0.1, -0.05) is 36.8 Å². The molecule has 1 amide bonds. The minimum Gasteiger partial charge on any atom is -0.353 e. The summed E-state index contributed by atoms with van der Waals surface area (Å²) in [5, 5.41) is 6.36. The Kier molecular flexibility index (Phi) is 6.21. The number of likely N-dealkylation sites (N-methyl/N-ethyl adjacent to an activating group) is 1. The van der Waals surface area contributed by atoms with E-state index in [1.165, 1.54) is 12.0 Å². The summed E-state index contributed by atoms with van der Waals surface area (Å²) in [6.45, 7) is 4.71. The molecule has 1 saturated heterocycles. The third-order valence-electron chi connectivity index (χ3n) is 4.23. The number of hydrogen-bond donors (Lipinski definition) is 2. The lowest BCUT2D eigenvalue weighted by Gasteiger charge is -2.27. The summed E-state index contributed by atoms with van der Waals surface area (Å²) in [6.07, 6.45) is 3.29. The molecule has 0 aromatic heterocycles. The van der Waals surface area contributed by atoms with Crippen LogP contribution in [0, 0.1) is 0 Å². The van der Waals surface area contributed by atoms with Gasteiger partial charge < -0.3 is 10.6 Å². The van der Waals surface area contributed by atoms with Gasteiger partial charge in [-0.3, -0.25) is 9.69 Å². The molecular weight excluding hydrogens is 262 g/mol. The number of carbonyl (C=O) groups is 1. The van der Waals surface area contributed by atoms with Crippen LogP contribution < -0.4 is 10.6 Å². The first-order valence-corrected chi connectivity index (χ1v) is 7.92. The second kappa shape index (κ2) is 8.15. The minimum absolute atomic E-state index is 0.00498. The molecule has 2 atom stereocenters. The Hall–Kier alpha value is -1.39. The summed E-state index contributed by atoms with van der Waals surface area (Å²) in [4.78, 5) is 14.4. The molecule has 116 valence electrons. The summed E-state index contributed by atoms with van der Waals surface area (Å²) in [5.41, 5.74) is 1.30. The van der Waals surface area contributed by atoms with Gasteiger partial charge in [0.15, 0.2) is 0 Å². The van der Waals surface area contributed by atoms with Gasteiger partial charge in [0.25, 0.3) is 0 Å². The van der Waals surface area contributed by atoms with E-state index >= 15 is 0 Å². The van der Waals surface area contributed by atoms with Gasteiger partial charge in [-0.15, -0.1) is 0 Å². The second-order valence-corrected chi connectivity index (χ2v) is 6.00.